The SMILES string of the molecule is COC(=O)[C@H](CSC)NC=O.Cc1ccc(Br)cc1. The maximum Gasteiger partial charge on any atom is 0.329 e. The van der Waals surface area contributed by atoms with E-state index in [0.29, 0.717) is 12.2 Å². The summed E-state index contributed by atoms with van der Waals surface area (Å²) in [7, 11) is 1.29. The van der Waals surface area contributed by atoms with Gasteiger partial charge in [-0.25, -0.2) is 4.79 Å². The highest BCUT2D eigenvalue weighted by molar-refractivity contribution is 9.10. The first-order valence-electron chi connectivity index (χ1n) is 5.53. The average molecular weight is 348 g/mol. The number of carbonyl (C=O) groups excluding carboxylic acids is 2. The van der Waals surface area contributed by atoms with Crippen LogP contribution in [-0.4, -0.2) is 37.5 Å². The van der Waals surface area contributed by atoms with E-state index < -0.39 is 12.0 Å². The molecule has 0 unspecified atom stereocenters. The molecule has 1 aromatic rings. The van der Waals surface area contributed by atoms with Crippen molar-refractivity contribution in [3.63, 3.8) is 0 Å². The quantitative estimate of drug-likeness (QED) is 0.656. The Kier molecular flexibility index (Phi) is 10.3. The summed E-state index contributed by atoms with van der Waals surface area (Å²) in [4.78, 5) is 20.8. The highest BCUT2D eigenvalue weighted by atomic mass is 79.9. The van der Waals surface area contributed by atoms with Crippen molar-refractivity contribution in [2.24, 2.45) is 0 Å². The molecule has 0 aromatic heterocycles. The van der Waals surface area contributed by atoms with Crippen molar-refractivity contribution in [3.8, 4) is 0 Å². The van der Waals surface area contributed by atoms with Crippen molar-refractivity contribution in [2.75, 3.05) is 19.1 Å². The number of hydrogen-bond donors (Lipinski definition) is 1. The normalized spacial score (nSPS) is 10.7. The van der Waals surface area contributed by atoms with Crippen LogP contribution in [0, 0.1) is 6.92 Å². The molecule has 0 spiro atoms. The van der Waals surface area contributed by atoms with Gasteiger partial charge in [0.25, 0.3) is 0 Å². The third kappa shape index (κ3) is 8.67. The van der Waals surface area contributed by atoms with Crippen molar-refractivity contribution in [1.82, 2.24) is 5.32 Å². The van der Waals surface area contributed by atoms with Gasteiger partial charge in [-0.3, -0.25) is 4.79 Å². The number of esters is 1. The van der Waals surface area contributed by atoms with Gasteiger partial charge >= 0.3 is 5.97 Å². The number of rotatable bonds is 5. The van der Waals surface area contributed by atoms with E-state index in [1.165, 1.54) is 24.4 Å². The molecule has 1 atom stereocenters. The first-order chi connectivity index (χ1) is 9.04. The van der Waals surface area contributed by atoms with Crippen molar-refractivity contribution >= 4 is 40.1 Å². The second-order valence-corrected chi connectivity index (χ2v) is 5.44. The van der Waals surface area contributed by atoms with Crippen LogP contribution < -0.4 is 5.32 Å². The zero-order chi connectivity index (χ0) is 14.7. The number of aryl methyl sites for hydroxylation is 1. The summed E-state index contributed by atoms with van der Waals surface area (Å²) in [6, 6.07) is 7.70. The number of hydrogen-bond acceptors (Lipinski definition) is 4. The van der Waals surface area contributed by atoms with E-state index in [9.17, 15) is 9.59 Å². The van der Waals surface area contributed by atoms with Gasteiger partial charge in [0, 0.05) is 10.2 Å². The van der Waals surface area contributed by atoms with Gasteiger partial charge in [0.1, 0.15) is 6.04 Å². The summed E-state index contributed by atoms with van der Waals surface area (Å²) >= 11 is 4.82. The first-order valence-corrected chi connectivity index (χ1v) is 7.72. The van der Waals surface area contributed by atoms with E-state index in [1.807, 2.05) is 18.4 Å². The third-order valence-corrected chi connectivity index (χ3v) is 3.29. The lowest BCUT2D eigenvalue weighted by atomic mass is 10.2. The van der Waals surface area contributed by atoms with E-state index in [2.05, 4.69) is 45.0 Å². The van der Waals surface area contributed by atoms with Gasteiger partial charge in [0.15, 0.2) is 0 Å². The number of halogens is 1. The molecule has 0 saturated heterocycles. The van der Waals surface area contributed by atoms with Crippen LogP contribution in [0.5, 0.6) is 0 Å². The monoisotopic (exact) mass is 347 g/mol. The van der Waals surface area contributed by atoms with Crippen LogP contribution in [-0.2, 0) is 14.3 Å². The number of methoxy groups -OCH3 is 1. The Morgan fingerprint density at radius 2 is 2.05 bits per heavy atom. The van der Waals surface area contributed by atoms with Gasteiger partial charge in [-0.2, -0.15) is 11.8 Å². The number of nitrogens with one attached hydrogen (secondary N) is 1. The Morgan fingerprint density at radius 3 is 2.42 bits per heavy atom. The minimum atomic E-state index is -0.521. The molecule has 0 fully saturated rings. The fraction of sp³-hybridized carbons (Fsp3) is 0.385. The number of carbonyl (C=O) groups is 2. The Morgan fingerprint density at radius 1 is 1.47 bits per heavy atom. The molecular weight excluding hydrogens is 330 g/mol. The molecule has 0 aliphatic heterocycles. The topological polar surface area (TPSA) is 55.4 Å². The van der Waals surface area contributed by atoms with Crippen LogP contribution in [0.3, 0.4) is 0 Å². The minimum Gasteiger partial charge on any atom is -0.467 e. The summed E-state index contributed by atoms with van der Waals surface area (Å²) in [5.41, 5.74) is 1.30. The predicted molar refractivity (Wildman–Crippen MR) is 82.3 cm³/mol. The van der Waals surface area contributed by atoms with Gasteiger partial charge < -0.3 is 10.1 Å². The molecule has 1 aromatic carbocycles. The van der Waals surface area contributed by atoms with E-state index in [0.717, 1.165) is 4.47 Å². The van der Waals surface area contributed by atoms with Crippen molar-refractivity contribution in [2.45, 2.75) is 13.0 Å². The van der Waals surface area contributed by atoms with E-state index in [-0.39, 0.29) is 0 Å². The van der Waals surface area contributed by atoms with Gasteiger partial charge in [0.05, 0.1) is 7.11 Å². The second kappa shape index (κ2) is 10.9. The summed E-state index contributed by atoms with van der Waals surface area (Å²) in [5, 5.41) is 2.36. The molecule has 19 heavy (non-hydrogen) atoms. The molecule has 106 valence electrons. The Labute approximate surface area is 126 Å². The molecular formula is C13H18BrNO3S. The zero-order valence-corrected chi connectivity index (χ0v) is 13.6. The Bertz CT molecular complexity index is 363. The summed E-state index contributed by atoms with van der Waals surface area (Å²) in [6.45, 7) is 2.08. The number of thioether (sulfide) groups is 1. The average Bonchev–Trinajstić information content (AvgIpc) is 2.42. The van der Waals surface area contributed by atoms with Crippen molar-refractivity contribution in [3.05, 3.63) is 34.3 Å². The predicted octanol–water partition coefficient (Wildman–Crippen LogP) is 2.39. The third-order valence-electron chi connectivity index (χ3n) is 2.10. The van der Waals surface area contributed by atoms with E-state index >= 15 is 0 Å². The summed E-state index contributed by atoms with van der Waals surface area (Å²) in [5.74, 6) is 0.122. The molecule has 0 saturated carbocycles. The van der Waals surface area contributed by atoms with Gasteiger partial charge in [-0.05, 0) is 25.3 Å². The molecule has 6 heteroatoms. The summed E-state index contributed by atoms with van der Waals surface area (Å²) in [6.07, 6.45) is 2.35. The van der Waals surface area contributed by atoms with E-state index in [1.54, 1.807) is 0 Å². The van der Waals surface area contributed by atoms with Crippen molar-refractivity contribution in [1.29, 1.82) is 0 Å². The van der Waals surface area contributed by atoms with Crippen LogP contribution in [0.25, 0.3) is 0 Å². The largest absolute Gasteiger partial charge is 0.467 e. The number of amides is 1. The van der Waals surface area contributed by atoms with Gasteiger partial charge in [-0.15, -0.1) is 0 Å². The number of benzene rings is 1. The molecule has 1 N–H and O–H groups in total. The second-order valence-electron chi connectivity index (χ2n) is 3.61. The van der Waals surface area contributed by atoms with Gasteiger partial charge in [-0.1, -0.05) is 33.6 Å². The molecule has 0 heterocycles. The standard InChI is InChI=1S/C7H7Br.C6H11NO3S/c1-6-2-4-7(8)5-3-6;1-10-6(9)5(3-11-2)7-4-8/h2-5H,1H3;4-5H,3H2,1-2H3,(H,7,8)/t;5-/m.0/s1. The molecule has 0 radical (unpaired) electrons. The Hall–Kier alpha value is -1.01. The first kappa shape index (κ1) is 18.0. The van der Waals surface area contributed by atoms with Gasteiger partial charge in [0.2, 0.25) is 6.41 Å². The maximum absolute atomic E-state index is 10.8. The lowest BCUT2D eigenvalue weighted by molar-refractivity contribution is -0.143. The van der Waals surface area contributed by atoms with Crippen LogP contribution in [0.2, 0.25) is 0 Å². The smallest absolute Gasteiger partial charge is 0.329 e. The van der Waals surface area contributed by atoms with Crippen LogP contribution in [0.15, 0.2) is 28.7 Å². The van der Waals surface area contributed by atoms with Crippen LogP contribution in [0.1, 0.15) is 5.56 Å². The molecule has 0 aliphatic carbocycles. The molecule has 4 nitrogen and oxygen atoms in total. The van der Waals surface area contributed by atoms with E-state index in [4.69, 9.17) is 0 Å². The number of ether oxygens (including phenoxy) is 1. The molecule has 1 amide bonds. The molecule has 0 aliphatic rings. The highest BCUT2D eigenvalue weighted by Gasteiger charge is 2.16. The molecule has 1 rings (SSSR count). The molecule has 0 bridgehead atoms. The lowest BCUT2D eigenvalue weighted by Gasteiger charge is -2.10. The minimum absolute atomic E-state index is 0.411. The van der Waals surface area contributed by atoms with Crippen LogP contribution in [0.4, 0.5) is 0 Å². The summed E-state index contributed by atoms with van der Waals surface area (Å²) < 4.78 is 5.59. The highest BCUT2D eigenvalue weighted by Crippen LogP contribution is 2.08. The maximum atomic E-state index is 10.8. The lowest BCUT2D eigenvalue weighted by Crippen LogP contribution is -2.38. The fourth-order valence-corrected chi connectivity index (χ4v) is 1.94. The zero-order valence-electron chi connectivity index (χ0n) is 11.2. The van der Waals surface area contributed by atoms with Crippen molar-refractivity contribution < 1.29 is 14.3 Å². The van der Waals surface area contributed by atoms with Crippen LogP contribution >= 0.6 is 27.7 Å². The fourth-order valence-electron chi connectivity index (χ4n) is 1.11. The Balaban J connectivity index is 0.000000356.